The molecule has 0 fully saturated rings. The third kappa shape index (κ3) is 2.41. The quantitative estimate of drug-likeness (QED) is 0.783. The SMILES string of the molecule is Nc1cc(Cc2cccnc2Cl)ncn1. The third-order valence-corrected chi connectivity index (χ3v) is 2.29. The largest absolute Gasteiger partial charge is 0.384 e. The summed E-state index contributed by atoms with van der Waals surface area (Å²) in [6.07, 6.45) is 3.70. The number of pyridine rings is 1. The lowest BCUT2D eigenvalue weighted by atomic mass is 10.1. The van der Waals surface area contributed by atoms with Crippen LogP contribution in [-0.4, -0.2) is 15.0 Å². The van der Waals surface area contributed by atoms with Crippen molar-refractivity contribution in [3.63, 3.8) is 0 Å². The van der Waals surface area contributed by atoms with Gasteiger partial charge in [0, 0.05) is 18.7 Å². The zero-order valence-electron chi connectivity index (χ0n) is 7.89. The zero-order chi connectivity index (χ0) is 10.7. The smallest absolute Gasteiger partial charge is 0.132 e. The number of halogens is 1. The summed E-state index contributed by atoms with van der Waals surface area (Å²) >= 11 is 5.93. The Morgan fingerprint density at radius 2 is 2.13 bits per heavy atom. The van der Waals surface area contributed by atoms with Crippen molar-refractivity contribution in [2.75, 3.05) is 5.73 Å². The third-order valence-electron chi connectivity index (χ3n) is 1.95. The molecule has 2 heterocycles. The van der Waals surface area contributed by atoms with Gasteiger partial charge < -0.3 is 5.73 Å². The van der Waals surface area contributed by atoms with Gasteiger partial charge >= 0.3 is 0 Å². The summed E-state index contributed by atoms with van der Waals surface area (Å²) < 4.78 is 0. The van der Waals surface area contributed by atoms with Crippen LogP contribution in [0, 0.1) is 0 Å². The lowest BCUT2D eigenvalue weighted by Crippen LogP contribution is -1.98. The van der Waals surface area contributed by atoms with E-state index in [9.17, 15) is 0 Å². The van der Waals surface area contributed by atoms with E-state index in [0.29, 0.717) is 17.4 Å². The molecule has 0 atom stereocenters. The molecule has 0 aliphatic heterocycles. The molecular formula is C10H9ClN4. The van der Waals surface area contributed by atoms with E-state index in [1.165, 1.54) is 6.33 Å². The fraction of sp³-hybridized carbons (Fsp3) is 0.100. The van der Waals surface area contributed by atoms with E-state index < -0.39 is 0 Å². The van der Waals surface area contributed by atoms with Crippen LogP contribution in [0.3, 0.4) is 0 Å². The predicted molar refractivity (Wildman–Crippen MR) is 58.5 cm³/mol. The van der Waals surface area contributed by atoms with Crippen molar-refractivity contribution in [1.29, 1.82) is 0 Å². The summed E-state index contributed by atoms with van der Waals surface area (Å²) in [7, 11) is 0. The van der Waals surface area contributed by atoms with Crippen molar-refractivity contribution in [3.8, 4) is 0 Å². The van der Waals surface area contributed by atoms with Gasteiger partial charge in [0.15, 0.2) is 0 Å². The Hall–Kier alpha value is -1.68. The lowest BCUT2D eigenvalue weighted by molar-refractivity contribution is 1.02. The van der Waals surface area contributed by atoms with Crippen LogP contribution in [0.5, 0.6) is 0 Å². The van der Waals surface area contributed by atoms with Crippen LogP contribution in [0.1, 0.15) is 11.3 Å². The minimum absolute atomic E-state index is 0.458. The van der Waals surface area contributed by atoms with Crippen molar-refractivity contribution in [1.82, 2.24) is 15.0 Å². The van der Waals surface area contributed by atoms with Gasteiger partial charge in [0.05, 0.1) is 5.69 Å². The maximum absolute atomic E-state index is 5.93. The van der Waals surface area contributed by atoms with Gasteiger partial charge in [-0.2, -0.15) is 0 Å². The molecule has 76 valence electrons. The van der Waals surface area contributed by atoms with Gasteiger partial charge in [0.1, 0.15) is 17.3 Å². The fourth-order valence-corrected chi connectivity index (χ4v) is 1.44. The van der Waals surface area contributed by atoms with Crippen LogP contribution < -0.4 is 5.73 Å². The molecule has 0 radical (unpaired) electrons. The molecular weight excluding hydrogens is 212 g/mol. The molecule has 2 rings (SSSR count). The van der Waals surface area contributed by atoms with Gasteiger partial charge in [-0.1, -0.05) is 17.7 Å². The van der Waals surface area contributed by atoms with E-state index in [0.717, 1.165) is 11.3 Å². The summed E-state index contributed by atoms with van der Waals surface area (Å²) in [5.41, 5.74) is 7.31. The van der Waals surface area contributed by atoms with Crippen molar-refractivity contribution in [2.45, 2.75) is 6.42 Å². The van der Waals surface area contributed by atoms with Gasteiger partial charge in [0.2, 0.25) is 0 Å². The van der Waals surface area contributed by atoms with Crippen LogP contribution in [0.25, 0.3) is 0 Å². The first-order valence-corrected chi connectivity index (χ1v) is 4.79. The van der Waals surface area contributed by atoms with Crippen molar-refractivity contribution in [3.05, 3.63) is 47.1 Å². The van der Waals surface area contributed by atoms with E-state index in [2.05, 4.69) is 15.0 Å². The Bertz CT molecular complexity index is 472. The van der Waals surface area contributed by atoms with Crippen LogP contribution >= 0.6 is 11.6 Å². The molecule has 0 aliphatic rings. The van der Waals surface area contributed by atoms with Crippen LogP contribution in [-0.2, 0) is 6.42 Å². The number of hydrogen-bond acceptors (Lipinski definition) is 4. The molecule has 4 nitrogen and oxygen atoms in total. The summed E-state index contributed by atoms with van der Waals surface area (Å²) in [5, 5.41) is 0.495. The Morgan fingerprint density at radius 1 is 1.27 bits per heavy atom. The standard InChI is InChI=1S/C10H9ClN4/c11-10-7(2-1-3-13-10)4-8-5-9(12)15-6-14-8/h1-3,5-6H,4H2,(H2,12,14,15). The molecule has 0 bridgehead atoms. The molecule has 5 heteroatoms. The molecule has 2 aromatic heterocycles. The Kier molecular flexibility index (Phi) is 2.78. The maximum Gasteiger partial charge on any atom is 0.132 e. The molecule has 0 aliphatic carbocycles. The highest BCUT2D eigenvalue weighted by atomic mass is 35.5. The highest BCUT2D eigenvalue weighted by Crippen LogP contribution is 2.15. The summed E-state index contributed by atoms with van der Waals surface area (Å²) in [6, 6.07) is 5.47. The molecule has 15 heavy (non-hydrogen) atoms. The molecule has 0 amide bonds. The molecule has 2 N–H and O–H groups in total. The number of anilines is 1. The van der Waals surface area contributed by atoms with Crippen molar-refractivity contribution in [2.24, 2.45) is 0 Å². The lowest BCUT2D eigenvalue weighted by Gasteiger charge is -2.02. The molecule has 0 saturated heterocycles. The second kappa shape index (κ2) is 4.23. The van der Waals surface area contributed by atoms with Crippen LogP contribution in [0.15, 0.2) is 30.7 Å². The Balaban J connectivity index is 2.26. The first-order chi connectivity index (χ1) is 7.25. The molecule has 2 aromatic rings. The van der Waals surface area contributed by atoms with E-state index in [-0.39, 0.29) is 0 Å². The van der Waals surface area contributed by atoms with Gasteiger partial charge in [-0.15, -0.1) is 0 Å². The number of nitrogens with two attached hydrogens (primary N) is 1. The number of rotatable bonds is 2. The fourth-order valence-electron chi connectivity index (χ4n) is 1.26. The number of aromatic nitrogens is 3. The van der Waals surface area contributed by atoms with E-state index in [1.807, 2.05) is 12.1 Å². The number of nitrogens with zero attached hydrogens (tertiary/aromatic N) is 3. The molecule has 0 unspecified atom stereocenters. The average molecular weight is 221 g/mol. The van der Waals surface area contributed by atoms with Gasteiger partial charge in [-0.05, 0) is 11.6 Å². The average Bonchev–Trinajstić information content (AvgIpc) is 2.22. The molecule has 0 saturated carbocycles. The second-order valence-corrected chi connectivity index (χ2v) is 3.42. The highest BCUT2D eigenvalue weighted by molar-refractivity contribution is 6.30. The summed E-state index contributed by atoms with van der Waals surface area (Å²) in [6.45, 7) is 0. The minimum atomic E-state index is 0.458. The van der Waals surface area contributed by atoms with Gasteiger partial charge in [-0.3, -0.25) is 0 Å². The Morgan fingerprint density at radius 3 is 2.87 bits per heavy atom. The van der Waals surface area contributed by atoms with Crippen molar-refractivity contribution >= 4 is 17.4 Å². The summed E-state index contributed by atoms with van der Waals surface area (Å²) in [4.78, 5) is 11.9. The van der Waals surface area contributed by atoms with Crippen molar-refractivity contribution < 1.29 is 0 Å². The predicted octanol–water partition coefficient (Wildman–Crippen LogP) is 1.70. The molecule has 0 spiro atoms. The Labute approximate surface area is 92.2 Å². The normalized spacial score (nSPS) is 10.2. The van der Waals surface area contributed by atoms with E-state index in [1.54, 1.807) is 12.3 Å². The highest BCUT2D eigenvalue weighted by Gasteiger charge is 2.03. The van der Waals surface area contributed by atoms with Gasteiger partial charge in [-0.25, -0.2) is 15.0 Å². The van der Waals surface area contributed by atoms with E-state index >= 15 is 0 Å². The second-order valence-electron chi connectivity index (χ2n) is 3.06. The number of nitrogen functional groups attached to an aromatic ring is 1. The van der Waals surface area contributed by atoms with Crippen LogP contribution in [0.2, 0.25) is 5.15 Å². The first kappa shape index (κ1) is 9.86. The first-order valence-electron chi connectivity index (χ1n) is 4.41. The van der Waals surface area contributed by atoms with E-state index in [4.69, 9.17) is 17.3 Å². The molecule has 0 aromatic carbocycles. The summed E-state index contributed by atoms with van der Waals surface area (Å²) in [5.74, 6) is 0.458. The maximum atomic E-state index is 5.93. The minimum Gasteiger partial charge on any atom is -0.384 e. The topological polar surface area (TPSA) is 64.7 Å². The zero-order valence-corrected chi connectivity index (χ0v) is 8.65. The van der Waals surface area contributed by atoms with Gasteiger partial charge in [0.25, 0.3) is 0 Å². The number of hydrogen-bond donors (Lipinski definition) is 1. The monoisotopic (exact) mass is 220 g/mol. The van der Waals surface area contributed by atoms with Crippen LogP contribution in [0.4, 0.5) is 5.82 Å².